The van der Waals surface area contributed by atoms with Crippen molar-refractivity contribution in [2.45, 2.75) is 0 Å². The van der Waals surface area contributed by atoms with Crippen molar-refractivity contribution in [1.82, 2.24) is 0 Å². The molecule has 0 saturated heterocycles. The molecular formula is C36H27As. The van der Waals surface area contributed by atoms with Crippen molar-refractivity contribution >= 4 is 27.7 Å². The molecule has 0 radical (unpaired) electrons. The van der Waals surface area contributed by atoms with Crippen LogP contribution in [0.4, 0.5) is 0 Å². The van der Waals surface area contributed by atoms with Crippen molar-refractivity contribution in [3.63, 3.8) is 0 Å². The van der Waals surface area contributed by atoms with E-state index in [2.05, 4.69) is 164 Å². The van der Waals surface area contributed by atoms with Crippen LogP contribution in [0.3, 0.4) is 0 Å². The topological polar surface area (TPSA) is 0 Å². The molecule has 0 aliphatic carbocycles. The van der Waals surface area contributed by atoms with Crippen molar-refractivity contribution in [3.8, 4) is 33.4 Å². The molecule has 0 amide bonds. The normalized spacial score (nSPS) is 10.9. The third-order valence-electron chi connectivity index (χ3n) is 6.70. The van der Waals surface area contributed by atoms with Crippen LogP contribution in [0.1, 0.15) is 0 Å². The second kappa shape index (κ2) is 10.9. The van der Waals surface area contributed by atoms with E-state index in [1.807, 2.05) is 0 Å². The Morgan fingerprint density at radius 1 is 0.216 bits per heavy atom. The van der Waals surface area contributed by atoms with E-state index >= 15 is 0 Å². The van der Waals surface area contributed by atoms with Crippen LogP contribution in [0.15, 0.2) is 164 Å². The van der Waals surface area contributed by atoms with E-state index in [1.54, 1.807) is 0 Å². The van der Waals surface area contributed by atoms with E-state index in [9.17, 15) is 0 Å². The first-order valence-electron chi connectivity index (χ1n) is 12.6. The summed E-state index contributed by atoms with van der Waals surface area (Å²) in [6.45, 7) is 0. The predicted octanol–water partition coefficient (Wildman–Crippen LogP) is 7.20. The van der Waals surface area contributed by atoms with Gasteiger partial charge in [0.15, 0.2) is 0 Å². The van der Waals surface area contributed by atoms with Crippen LogP contribution in [-0.4, -0.2) is 14.7 Å². The molecule has 0 bridgehead atoms. The molecule has 176 valence electrons. The fourth-order valence-corrected chi connectivity index (χ4v) is 9.44. The minimum absolute atomic E-state index is 1.26. The molecule has 0 spiro atoms. The van der Waals surface area contributed by atoms with E-state index in [1.165, 1.54) is 46.4 Å². The van der Waals surface area contributed by atoms with Gasteiger partial charge in [-0.1, -0.05) is 0 Å². The van der Waals surface area contributed by atoms with Gasteiger partial charge in [0.05, 0.1) is 0 Å². The summed E-state index contributed by atoms with van der Waals surface area (Å²) in [5.74, 6) is 0. The van der Waals surface area contributed by atoms with Gasteiger partial charge in [-0.25, -0.2) is 0 Å². The van der Waals surface area contributed by atoms with Gasteiger partial charge < -0.3 is 0 Å². The third kappa shape index (κ3) is 5.21. The molecule has 0 fully saturated rings. The average molecular weight is 535 g/mol. The Kier molecular flexibility index (Phi) is 6.84. The predicted molar refractivity (Wildman–Crippen MR) is 160 cm³/mol. The zero-order valence-electron chi connectivity index (χ0n) is 20.5. The summed E-state index contributed by atoms with van der Waals surface area (Å²) in [7, 11) is 0. The van der Waals surface area contributed by atoms with E-state index < -0.39 is 14.7 Å². The first-order valence-corrected chi connectivity index (χ1v) is 15.4. The van der Waals surface area contributed by atoms with Crippen LogP contribution >= 0.6 is 0 Å². The van der Waals surface area contributed by atoms with E-state index in [4.69, 9.17) is 0 Å². The van der Waals surface area contributed by atoms with Gasteiger partial charge in [0, 0.05) is 0 Å². The standard InChI is InChI=1S/C36H27As/c1-4-10-28(11-5-1)31-16-22-34(23-17-31)37(35-24-18-32(19-25-35)29-12-6-2-7-13-29)36-26-20-33(21-27-36)30-14-8-3-9-15-30/h1-27H. The van der Waals surface area contributed by atoms with E-state index in [-0.39, 0.29) is 0 Å². The Morgan fingerprint density at radius 2 is 0.432 bits per heavy atom. The van der Waals surface area contributed by atoms with E-state index in [0.29, 0.717) is 0 Å². The zero-order chi connectivity index (χ0) is 24.9. The molecule has 6 aromatic rings. The molecule has 37 heavy (non-hydrogen) atoms. The Balaban J connectivity index is 1.38. The fraction of sp³-hybridized carbons (Fsp3) is 0. The van der Waals surface area contributed by atoms with Crippen molar-refractivity contribution in [2.75, 3.05) is 0 Å². The fourth-order valence-electron chi connectivity index (χ4n) is 4.75. The monoisotopic (exact) mass is 534 g/mol. The molecule has 0 atom stereocenters. The molecular weight excluding hydrogens is 507 g/mol. The average Bonchev–Trinajstić information content (AvgIpc) is 3.00. The second-order valence-corrected chi connectivity index (χ2v) is 13.7. The molecule has 0 unspecified atom stereocenters. The minimum atomic E-state index is -1.74. The van der Waals surface area contributed by atoms with Gasteiger partial charge in [0.25, 0.3) is 0 Å². The quantitative estimate of drug-likeness (QED) is 0.198. The molecule has 6 aromatic carbocycles. The van der Waals surface area contributed by atoms with Gasteiger partial charge in [0.2, 0.25) is 0 Å². The van der Waals surface area contributed by atoms with Gasteiger partial charge in [-0.05, 0) is 0 Å². The van der Waals surface area contributed by atoms with Crippen molar-refractivity contribution < 1.29 is 0 Å². The van der Waals surface area contributed by atoms with Crippen molar-refractivity contribution in [3.05, 3.63) is 164 Å². The van der Waals surface area contributed by atoms with Crippen molar-refractivity contribution in [2.24, 2.45) is 0 Å². The number of hydrogen-bond acceptors (Lipinski definition) is 0. The van der Waals surface area contributed by atoms with Gasteiger partial charge in [-0.15, -0.1) is 0 Å². The SMILES string of the molecule is c1ccc(-c2ccc([As](c3ccc(-c4ccccc4)cc3)c3ccc(-c4ccccc4)cc3)cc2)cc1. The molecule has 0 aliphatic rings. The van der Waals surface area contributed by atoms with Crippen LogP contribution in [0.2, 0.25) is 0 Å². The Labute approximate surface area is 224 Å². The molecule has 6 rings (SSSR count). The summed E-state index contributed by atoms with van der Waals surface area (Å²) in [4.78, 5) is 0. The summed E-state index contributed by atoms with van der Waals surface area (Å²) in [6, 6.07) is 59.6. The second-order valence-electron chi connectivity index (χ2n) is 9.07. The number of hydrogen-bond donors (Lipinski definition) is 0. The summed E-state index contributed by atoms with van der Waals surface area (Å²) >= 11 is -1.74. The van der Waals surface area contributed by atoms with Crippen LogP contribution in [-0.2, 0) is 0 Å². The Morgan fingerprint density at radius 3 is 0.676 bits per heavy atom. The van der Waals surface area contributed by atoms with Crippen molar-refractivity contribution in [1.29, 1.82) is 0 Å². The molecule has 0 aliphatic heterocycles. The van der Waals surface area contributed by atoms with Gasteiger partial charge in [-0.2, -0.15) is 0 Å². The molecule has 0 saturated carbocycles. The molecule has 0 heterocycles. The summed E-state index contributed by atoms with van der Waals surface area (Å²) < 4.78 is 4.31. The Bertz CT molecular complexity index is 1360. The van der Waals surface area contributed by atoms with Gasteiger partial charge in [0.1, 0.15) is 0 Å². The number of benzene rings is 6. The summed E-state index contributed by atoms with van der Waals surface area (Å²) in [5, 5.41) is 0. The maximum absolute atomic E-state index is 2.35. The molecule has 0 N–H and O–H groups in total. The van der Waals surface area contributed by atoms with Crippen LogP contribution in [0.25, 0.3) is 33.4 Å². The summed E-state index contributed by atoms with van der Waals surface area (Å²) in [5.41, 5.74) is 7.55. The van der Waals surface area contributed by atoms with Gasteiger partial charge in [-0.3, -0.25) is 0 Å². The summed E-state index contributed by atoms with van der Waals surface area (Å²) in [6.07, 6.45) is 0. The van der Waals surface area contributed by atoms with Crippen LogP contribution in [0, 0.1) is 0 Å². The van der Waals surface area contributed by atoms with Gasteiger partial charge >= 0.3 is 225 Å². The van der Waals surface area contributed by atoms with Crippen LogP contribution < -0.4 is 13.1 Å². The zero-order valence-corrected chi connectivity index (χ0v) is 22.4. The first kappa shape index (κ1) is 23.3. The van der Waals surface area contributed by atoms with Crippen LogP contribution in [0.5, 0.6) is 0 Å². The molecule has 0 aromatic heterocycles. The first-order chi connectivity index (χ1) is 18.3. The Hall–Kier alpha value is -4.12. The third-order valence-corrected chi connectivity index (χ3v) is 11.8. The van der Waals surface area contributed by atoms with E-state index in [0.717, 1.165) is 0 Å². The number of rotatable bonds is 6. The molecule has 0 nitrogen and oxygen atoms in total. The maximum atomic E-state index is 2.35. The molecule has 1 heteroatoms.